The van der Waals surface area contributed by atoms with E-state index in [0.29, 0.717) is 29.9 Å². The van der Waals surface area contributed by atoms with Crippen molar-refractivity contribution in [3.05, 3.63) is 40.8 Å². The Hall–Kier alpha value is -2.21. The van der Waals surface area contributed by atoms with E-state index in [2.05, 4.69) is 10.3 Å². The molecule has 0 aliphatic heterocycles. The van der Waals surface area contributed by atoms with Crippen LogP contribution in [0, 0.1) is 0 Å². The number of amides is 1. The second kappa shape index (κ2) is 9.05. The van der Waals surface area contributed by atoms with Gasteiger partial charge >= 0.3 is 0 Å². The van der Waals surface area contributed by atoms with Crippen molar-refractivity contribution in [2.75, 3.05) is 11.1 Å². The van der Waals surface area contributed by atoms with E-state index in [1.807, 2.05) is 12.1 Å². The summed E-state index contributed by atoms with van der Waals surface area (Å²) in [6, 6.07) is 7.22. The highest BCUT2D eigenvalue weighted by Crippen LogP contribution is 2.17. The molecule has 122 valence electrons. The van der Waals surface area contributed by atoms with Crippen molar-refractivity contribution in [2.24, 2.45) is 0 Å². The van der Waals surface area contributed by atoms with E-state index < -0.39 is 0 Å². The summed E-state index contributed by atoms with van der Waals surface area (Å²) in [4.78, 5) is 27.6. The fourth-order valence-corrected chi connectivity index (χ4v) is 2.78. The number of carbonyl (C=O) groups excluding carboxylic acids is 2. The first-order valence-electron chi connectivity index (χ1n) is 7.72. The number of nitrogens with zero attached hydrogens (tertiary/aromatic N) is 1. The molecule has 3 N–H and O–H groups in total. The van der Waals surface area contributed by atoms with Crippen LogP contribution < -0.4 is 11.1 Å². The summed E-state index contributed by atoms with van der Waals surface area (Å²) in [6.07, 6.45) is 4.51. The zero-order chi connectivity index (χ0) is 16.5. The van der Waals surface area contributed by atoms with Crippen molar-refractivity contribution >= 4 is 34.4 Å². The topological polar surface area (TPSA) is 85.1 Å². The average molecular weight is 331 g/mol. The van der Waals surface area contributed by atoms with Crippen LogP contribution in [0.25, 0.3) is 0 Å². The number of hydrogen-bond acceptors (Lipinski definition) is 5. The SMILES string of the molecule is Nc1ccccc1NC(=O)CCCCCCC(=O)c1cscn1. The average Bonchev–Trinajstić information content (AvgIpc) is 3.07. The number of benzene rings is 1. The predicted octanol–water partition coefficient (Wildman–Crippen LogP) is 3.89. The Kier molecular flexibility index (Phi) is 6.75. The van der Waals surface area contributed by atoms with Crippen molar-refractivity contribution in [3.8, 4) is 0 Å². The molecule has 1 amide bonds. The van der Waals surface area contributed by atoms with Crippen LogP contribution in [0.3, 0.4) is 0 Å². The first-order chi connectivity index (χ1) is 11.2. The summed E-state index contributed by atoms with van der Waals surface area (Å²) in [5.41, 5.74) is 9.25. The van der Waals surface area contributed by atoms with E-state index in [1.54, 1.807) is 23.0 Å². The fraction of sp³-hybridized carbons (Fsp3) is 0.353. The minimum atomic E-state index is -0.0264. The zero-order valence-corrected chi connectivity index (χ0v) is 13.8. The maximum absolute atomic E-state index is 11.8. The van der Waals surface area contributed by atoms with Gasteiger partial charge in [0.15, 0.2) is 5.78 Å². The van der Waals surface area contributed by atoms with Gasteiger partial charge in [0, 0.05) is 18.2 Å². The van der Waals surface area contributed by atoms with Crippen LogP contribution in [0.2, 0.25) is 0 Å². The molecule has 2 rings (SSSR count). The summed E-state index contributed by atoms with van der Waals surface area (Å²) in [5.74, 6) is 0.0741. The van der Waals surface area contributed by atoms with Crippen LogP contribution in [-0.2, 0) is 4.79 Å². The van der Waals surface area contributed by atoms with Crippen molar-refractivity contribution in [1.29, 1.82) is 0 Å². The van der Waals surface area contributed by atoms with Gasteiger partial charge in [0.05, 0.1) is 16.9 Å². The monoisotopic (exact) mass is 331 g/mol. The number of ketones is 1. The minimum Gasteiger partial charge on any atom is -0.397 e. The second-order valence-corrected chi connectivity index (χ2v) is 6.07. The van der Waals surface area contributed by atoms with E-state index in [1.165, 1.54) is 11.3 Å². The van der Waals surface area contributed by atoms with Crippen molar-refractivity contribution < 1.29 is 9.59 Å². The van der Waals surface area contributed by atoms with Gasteiger partial charge in [0.25, 0.3) is 0 Å². The smallest absolute Gasteiger partial charge is 0.224 e. The molecule has 1 heterocycles. The predicted molar refractivity (Wildman–Crippen MR) is 93.6 cm³/mol. The lowest BCUT2D eigenvalue weighted by Crippen LogP contribution is -2.12. The summed E-state index contributed by atoms with van der Waals surface area (Å²) < 4.78 is 0. The third-order valence-corrected chi connectivity index (χ3v) is 4.10. The Labute approximate surface area is 139 Å². The number of nitrogens with two attached hydrogens (primary N) is 1. The first-order valence-corrected chi connectivity index (χ1v) is 8.67. The molecular formula is C17H21N3O2S. The minimum absolute atomic E-state index is 0.0264. The molecule has 0 bridgehead atoms. The number of rotatable bonds is 9. The van der Waals surface area contributed by atoms with Gasteiger partial charge in [-0.1, -0.05) is 25.0 Å². The van der Waals surface area contributed by atoms with Crippen molar-refractivity contribution in [2.45, 2.75) is 38.5 Å². The lowest BCUT2D eigenvalue weighted by molar-refractivity contribution is -0.116. The highest BCUT2D eigenvalue weighted by atomic mass is 32.1. The van der Waals surface area contributed by atoms with Crippen LogP contribution >= 0.6 is 11.3 Å². The number of anilines is 2. The Balaban J connectivity index is 1.56. The van der Waals surface area contributed by atoms with Gasteiger partial charge in [-0.3, -0.25) is 9.59 Å². The van der Waals surface area contributed by atoms with E-state index in [9.17, 15) is 9.59 Å². The Morgan fingerprint density at radius 2 is 1.83 bits per heavy atom. The van der Waals surface area contributed by atoms with Crippen LogP contribution in [0.5, 0.6) is 0 Å². The number of nitrogen functional groups attached to an aromatic ring is 1. The lowest BCUT2D eigenvalue weighted by Gasteiger charge is -2.07. The molecule has 0 atom stereocenters. The van der Waals surface area contributed by atoms with Crippen LogP contribution in [-0.4, -0.2) is 16.7 Å². The van der Waals surface area contributed by atoms with E-state index in [4.69, 9.17) is 5.73 Å². The molecule has 0 saturated heterocycles. The van der Waals surface area contributed by atoms with Gasteiger partial charge in [0.1, 0.15) is 5.69 Å². The summed E-state index contributed by atoms with van der Waals surface area (Å²) >= 11 is 1.43. The molecule has 0 saturated carbocycles. The molecule has 0 aliphatic rings. The molecule has 0 aliphatic carbocycles. The van der Waals surface area contributed by atoms with Crippen LogP contribution in [0.1, 0.15) is 49.0 Å². The normalized spacial score (nSPS) is 10.4. The van der Waals surface area contributed by atoms with Gasteiger partial charge in [0.2, 0.25) is 5.91 Å². The quantitative estimate of drug-likeness (QED) is 0.415. The number of hydrogen-bond donors (Lipinski definition) is 2. The van der Waals surface area contributed by atoms with Crippen LogP contribution in [0.4, 0.5) is 11.4 Å². The Morgan fingerprint density at radius 1 is 1.09 bits per heavy atom. The zero-order valence-electron chi connectivity index (χ0n) is 13.0. The maximum atomic E-state index is 11.8. The number of nitrogens with one attached hydrogen (secondary N) is 1. The van der Waals surface area contributed by atoms with E-state index in [0.717, 1.165) is 25.7 Å². The van der Waals surface area contributed by atoms with Gasteiger partial charge in [-0.25, -0.2) is 4.98 Å². The number of thiazole rings is 1. The van der Waals surface area contributed by atoms with Gasteiger partial charge in [-0.15, -0.1) is 11.3 Å². The van der Waals surface area contributed by atoms with Gasteiger partial charge in [-0.2, -0.15) is 0 Å². The lowest BCUT2D eigenvalue weighted by atomic mass is 10.1. The summed E-state index contributed by atoms with van der Waals surface area (Å²) in [6.45, 7) is 0. The molecule has 1 aromatic heterocycles. The van der Waals surface area contributed by atoms with Crippen LogP contribution in [0.15, 0.2) is 35.2 Å². The fourth-order valence-electron chi connectivity index (χ4n) is 2.23. The molecule has 23 heavy (non-hydrogen) atoms. The van der Waals surface area contributed by atoms with E-state index >= 15 is 0 Å². The summed E-state index contributed by atoms with van der Waals surface area (Å²) in [7, 11) is 0. The van der Waals surface area contributed by atoms with Crippen molar-refractivity contribution in [3.63, 3.8) is 0 Å². The number of Topliss-reactive ketones (excluding diaryl/α,β-unsaturated/α-hetero) is 1. The summed E-state index contributed by atoms with van der Waals surface area (Å²) in [5, 5.41) is 4.59. The Bertz CT molecular complexity index is 641. The van der Waals surface area contributed by atoms with Gasteiger partial charge < -0.3 is 11.1 Å². The number of carbonyl (C=O) groups is 2. The first kappa shape index (κ1) is 17.1. The third-order valence-electron chi connectivity index (χ3n) is 3.51. The van der Waals surface area contributed by atoms with Gasteiger partial charge in [-0.05, 0) is 25.0 Å². The van der Waals surface area contributed by atoms with E-state index in [-0.39, 0.29) is 11.7 Å². The second-order valence-electron chi connectivity index (χ2n) is 5.35. The Morgan fingerprint density at radius 3 is 2.52 bits per heavy atom. The molecule has 0 fully saturated rings. The number of aromatic nitrogens is 1. The molecule has 6 heteroatoms. The molecule has 1 aromatic carbocycles. The highest BCUT2D eigenvalue weighted by Gasteiger charge is 2.07. The number of unbranched alkanes of at least 4 members (excludes halogenated alkanes) is 3. The molecule has 0 spiro atoms. The number of para-hydroxylation sites is 2. The third kappa shape index (κ3) is 5.83. The molecular weight excluding hydrogens is 310 g/mol. The molecule has 5 nitrogen and oxygen atoms in total. The largest absolute Gasteiger partial charge is 0.397 e. The standard InChI is InChI=1S/C17H21N3O2S/c18-13-7-5-6-8-14(13)20-17(22)10-4-2-1-3-9-16(21)15-11-23-12-19-15/h5-8,11-12H,1-4,9-10,18H2,(H,20,22). The molecule has 2 aromatic rings. The maximum Gasteiger partial charge on any atom is 0.224 e. The highest BCUT2D eigenvalue weighted by molar-refractivity contribution is 7.07. The van der Waals surface area contributed by atoms with Crippen molar-refractivity contribution in [1.82, 2.24) is 4.98 Å². The molecule has 0 radical (unpaired) electrons. The molecule has 0 unspecified atom stereocenters.